The van der Waals surface area contributed by atoms with Crippen molar-refractivity contribution in [1.29, 1.82) is 0 Å². The van der Waals surface area contributed by atoms with Crippen molar-refractivity contribution < 1.29 is 29.0 Å². The summed E-state index contributed by atoms with van der Waals surface area (Å²) in [5.41, 5.74) is 2.71. The molecule has 8 nitrogen and oxygen atoms in total. The van der Waals surface area contributed by atoms with E-state index >= 15 is 0 Å². The maximum Gasteiger partial charge on any atom is 0.338 e. The maximum absolute atomic E-state index is 13.4. The van der Waals surface area contributed by atoms with Gasteiger partial charge in [0.2, 0.25) is 0 Å². The largest absolute Gasteiger partial charge is 0.507 e. The minimum Gasteiger partial charge on any atom is -0.507 e. The van der Waals surface area contributed by atoms with Gasteiger partial charge in [-0.3, -0.25) is 19.5 Å². The monoisotopic (exact) mass is 500 g/mol. The molecular formula is C29H28N2O6. The second-order valence-corrected chi connectivity index (χ2v) is 8.75. The lowest BCUT2D eigenvalue weighted by molar-refractivity contribution is -0.132. The van der Waals surface area contributed by atoms with Crippen molar-refractivity contribution in [2.45, 2.75) is 33.2 Å². The molecule has 1 atom stereocenters. The number of aliphatic hydroxyl groups excluding tert-OH is 1. The number of carbonyl (C=O) groups excluding carboxylic acids is 3. The van der Waals surface area contributed by atoms with Gasteiger partial charge in [-0.05, 0) is 73.9 Å². The lowest BCUT2D eigenvalue weighted by atomic mass is 9.95. The highest BCUT2D eigenvalue weighted by Crippen LogP contribution is 2.42. The number of benzene rings is 2. The van der Waals surface area contributed by atoms with Gasteiger partial charge >= 0.3 is 5.97 Å². The smallest absolute Gasteiger partial charge is 0.338 e. The van der Waals surface area contributed by atoms with Crippen LogP contribution in [-0.2, 0) is 14.3 Å². The van der Waals surface area contributed by atoms with Gasteiger partial charge in [-0.15, -0.1) is 0 Å². The Kier molecular flexibility index (Phi) is 7.38. The summed E-state index contributed by atoms with van der Waals surface area (Å²) in [4.78, 5) is 45.0. The molecule has 1 aliphatic heterocycles. The number of anilines is 1. The number of aliphatic hydroxyl groups is 1. The van der Waals surface area contributed by atoms with Gasteiger partial charge in [-0.1, -0.05) is 19.1 Å². The van der Waals surface area contributed by atoms with E-state index in [1.807, 2.05) is 13.8 Å². The summed E-state index contributed by atoms with van der Waals surface area (Å²) in [5.74, 6) is -1.88. The van der Waals surface area contributed by atoms with Crippen molar-refractivity contribution in [3.8, 4) is 5.75 Å². The van der Waals surface area contributed by atoms with E-state index in [1.165, 1.54) is 11.0 Å². The molecule has 3 aromatic rings. The summed E-state index contributed by atoms with van der Waals surface area (Å²) in [7, 11) is 1.56. The molecule has 1 fully saturated rings. The molecule has 1 aromatic heterocycles. The molecule has 1 unspecified atom stereocenters. The van der Waals surface area contributed by atoms with E-state index in [0.717, 1.165) is 5.56 Å². The lowest BCUT2D eigenvalue weighted by Crippen LogP contribution is -2.30. The van der Waals surface area contributed by atoms with Crippen molar-refractivity contribution in [3.63, 3.8) is 0 Å². The molecule has 0 aliphatic carbocycles. The molecular weight excluding hydrogens is 472 g/mol. The number of carbonyl (C=O) groups is 3. The number of ether oxygens (including phenoxy) is 2. The molecule has 1 saturated heterocycles. The van der Waals surface area contributed by atoms with Crippen LogP contribution in [0.25, 0.3) is 5.76 Å². The fourth-order valence-electron chi connectivity index (χ4n) is 4.39. The molecule has 1 amide bonds. The Balaban J connectivity index is 1.89. The average molecular weight is 501 g/mol. The van der Waals surface area contributed by atoms with Crippen LogP contribution in [0.2, 0.25) is 0 Å². The average Bonchev–Trinajstić information content (AvgIpc) is 3.18. The van der Waals surface area contributed by atoms with Crippen molar-refractivity contribution in [3.05, 3.63) is 94.3 Å². The Morgan fingerprint density at radius 3 is 2.51 bits per heavy atom. The molecule has 8 heteroatoms. The van der Waals surface area contributed by atoms with Gasteiger partial charge in [0.15, 0.2) is 0 Å². The molecule has 190 valence electrons. The predicted octanol–water partition coefficient (Wildman–Crippen LogP) is 4.90. The number of ketones is 1. The zero-order chi connectivity index (χ0) is 26.7. The number of Topliss-reactive ketones (excluding diaryl/α,β-unsaturated/α-hetero) is 1. The molecule has 2 aromatic carbocycles. The van der Waals surface area contributed by atoms with E-state index in [-0.39, 0.29) is 23.5 Å². The number of aryl methyl sites for hydroxylation is 2. The van der Waals surface area contributed by atoms with Crippen molar-refractivity contribution in [2.24, 2.45) is 0 Å². The first kappa shape index (κ1) is 25.6. The van der Waals surface area contributed by atoms with Gasteiger partial charge in [-0.2, -0.15) is 0 Å². The van der Waals surface area contributed by atoms with E-state index < -0.39 is 23.7 Å². The fraction of sp³-hybridized carbons (Fsp3) is 0.241. The second kappa shape index (κ2) is 10.7. The molecule has 1 aliphatic rings. The normalized spacial score (nSPS) is 16.6. The summed E-state index contributed by atoms with van der Waals surface area (Å²) in [6.45, 7) is 5.77. The van der Waals surface area contributed by atoms with E-state index in [1.54, 1.807) is 68.8 Å². The molecule has 1 N–H and O–H groups in total. The second-order valence-electron chi connectivity index (χ2n) is 8.75. The zero-order valence-electron chi connectivity index (χ0n) is 21.1. The highest BCUT2D eigenvalue weighted by atomic mass is 16.5. The molecule has 0 radical (unpaired) electrons. The molecule has 4 rings (SSSR count). The predicted molar refractivity (Wildman–Crippen MR) is 139 cm³/mol. The van der Waals surface area contributed by atoms with E-state index in [0.29, 0.717) is 34.7 Å². The topological polar surface area (TPSA) is 106 Å². The molecule has 37 heavy (non-hydrogen) atoms. The molecule has 0 spiro atoms. The van der Waals surface area contributed by atoms with Crippen LogP contribution in [0.3, 0.4) is 0 Å². The van der Waals surface area contributed by atoms with Crippen molar-refractivity contribution >= 4 is 29.1 Å². The SMILES string of the molecule is CCCOC(=O)c1cccc(N2C(=O)C(=O)/C(=C(/O)c3cc(C)c(OC)cc3C)C2c2ccccn2)c1. The lowest BCUT2D eigenvalue weighted by Gasteiger charge is -2.25. The number of amides is 1. The van der Waals surface area contributed by atoms with Gasteiger partial charge in [0.1, 0.15) is 17.6 Å². The number of hydrogen-bond acceptors (Lipinski definition) is 7. The van der Waals surface area contributed by atoms with Gasteiger partial charge < -0.3 is 14.6 Å². The van der Waals surface area contributed by atoms with E-state index in [2.05, 4.69) is 4.98 Å². The van der Waals surface area contributed by atoms with Gasteiger partial charge in [0, 0.05) is 17.4 Å². The van der Waals surface area contributed by atoms with Crippen LogP contribution in [0.1, 0.15) is 52.1 Å². The fourth-order valence-corrected chi connectivity index (χ4v) is 4.39. The number of hydrogen-bond donors (Lipinski definition) is 1. The number of rotatable bonds is 7. The first-order chi connectivity index (χ1) is 17.8. The van der Waals surface area contributed by atoms with Crippen LogP contribution in [0.4, 0.5) is 5.69 Å². The minimum atomic E-state index is -1.01. The summed E-state index contributed by atoms with van der Waals surface area (Å²) in [6.07, 6.45) is 2.22. The molecule has 2 heterocycles. The number of aromatic nitrogens is 1. The summed E-state index contributed by atoms with van der Waals surface area (Å²) in [6, 6.07) is 13.9. The minimum absolute atomic E-state index is 0.0877. The third kappa shape index (κ3) is 4.82. The van der Waals surface area contributed by atoms with Crippen LogP contribution in [0, 0.1) is 13.8 Å². The number of methoxy groups -OCH3 is 1. The van der Waals surface area contributed by atoms with Crippen molar-refractivity contribution in [2.75, 3.05) is 18.6 Å². The Bertz CT molecular complexity index is 1400. The Labute approximate surface area is 215 Å². The van der Waals surface area contributed by atoms with E-state index in [4.69, 9.17) is 9.47 Å². The Morgan fingerprint density at radius 2 is 1.84 bits per heavy atom. The number of esters is 1. The first-order valence-electron chi connectivity index (χ1n) is 11.9. The summed E-state index contributed by atoms with van der Waals surface area (Å²) in [5, 5.41) is 11.5. The third-order valence-corrected chi connectivity index (χ3v) is 6.21. The Morgan fingerprint density at radius 1 is 1.05 bits per heavy atom. The summed E-state index contributed by atoms with van der Waals surface area (Å²) < 4.78 is 10.6. The molecule has 0 saturated carbocycles. The third-order valence-electron chi connectivity index (χ3n) is 6.21. The highest BCUT2D eigenvalue weighted by molar-refractivity contribution is 6.51. The van der Waals surface area contributed by atoms with E-state index in [9.17, 15) is 19.5 Å². The zero-order valence-corrected chi connectivity index (χ0v) is 21.1. The van der Waals surface area contributed by atoms with Crippen LogP contribution >= 0.6 is 0 Å². The molecule has 0 bridgehead atoms. The van der Waals surface area contributed by atoms with Gasteiger partial charge in [0.05, 0.1) is 30.5 Å². The van der Waals surface area contributed by atoms with Gasteiger partial charge in [-0.25, -0.2) is 4.79 Å². The van der Waals surface area contributed by atoms with Crippen LogP contribution < -0.4 is 9.64 Å². The first-order valence-corrected chi connectivity index (χ1v) is 11.9. The van der Waals surface area contributed by atoms with Crippen molar-refractivity contribution in [1.82, 2.24) is 4.98 Å². The standard InChI is InChI=1S/C29H28N2O6/c1-5-13-37-29(35)19-9-8-10-20(16-19)31-25(22-11-6-7-12-30-22)24(27(33)28(31)34)26(32)21-14-18(3)23(36-4)15-17(21)2/h6-12,14-16,25,32H,5,13H2,1-4H3/b26-24+. The number of nitrogens with zero attached hydrogens (tertiary/aromatic N) is 2. The summed E-state index contributed by atoms with van der Waals surface area (Å²) >= 11 is 0. The maximum atomic E-state index is 13.4. The van der Waals surface area contributed by atoms with Gasteiger partial charge in [0.25, 0.3) is 11.7 Å². The quantitative estimate of drug-likeness (QED) is 0.213. The van der Waals surface area contributed by atoms with Crippen LogP contribution in [0.5, 0.6) is 5.75 Å². The number of pyridine rings is 1. The van der Waals surface area contributed by atoms with Crippen LogP contribution in [-0.4, -0.2) is 41.5 Å². The van der Waals surface area contributed by atoms with Crippen LogP contribution in [0.15, 0.2) is 66.4 Å². The Hall–Kier alpha value is -4.46. The highest BCUT2D eigenvalue weighted by Gasteiger charge is 2.47.